The molecule has 2 aromatic rings. The van der Waals surface area contributed by atoms with Crippen molar-refractivity contribution in [1.29, 1.82) is 0 Å². The summed E-state index contributed by atoms with van der Waals surface area (Å²) in [5.74, 6) is -0.0387. The predicted molar refractivity (Wildman–Crippen MR) is 85.8 cm³/mol. The molecule has 0 aliphatic heterocycles. The molecule has 0 unspecified atom stereocenters. The van der Waals surface area contributed by atoms with Crippen molar-refractivity contribution in [1.82, 2.24) is 0 Å². The van der Waals surface area contributed by atoms with Crippen LogP contribution in [0.3, 0.4) is 0 Å². The first kappa shape index (κ1) is 14.3. The molecular formula is C15H13Br2NO. The van der Waals surface area contributed by atoms with Crippen LogP contribution >= 0.6 is 31.9 Å². The number of benzene rings is 2. The Labute approximate surface area is 129 Å². The van der Waals surface area contributed by atoms with Gasteiger partial charge in [0.2, 0.25) is 0 Å². The smallest absolute Gasteiger partial charge is 0.259 e. The van der Waals surface area contributed by atoms with E-state index in [4.69, 9.17) is 0 Å². The molecule has 0 saturated carbocycles. The fourth-order valence-electron chi connectivity index (χ4n) is 1.73. The Bertz CT molecular complexity index is 608. The summed E-state index contributed by atoms with van der Waals surface area (Å²) in [6.07, 6.45) is 0. The van der Waals surface area contributed by atoms with Crippen molar-refractivity contribution in [3.63, 3.8) is 0 Å². The molecule has 2 rings (SSSR count). The first-order valence-corrected chi connectivity index (χ1v) is 7.37. The molecule has 0 saturated heterocycles. The number of rotatable bonds is 2. The third-order valence-electron chi connectivity index (χ3n) is 2.89. The normalized spacial score (nSPS) is 10.3. The molecule has 0 heterocycles. The maximum absolute atomic E-state index is 12.4. The van der Waals surface area contributed by atoms with Gasteiger partial charge in [-0.15, -0.1) is 0 Å². The lowest BCUT2D eigenvalue weighted by Crippen LogP contribution is -2.26. The van der Waals surface area contributed by atoms with Crippen LogP contribution in [0.5, 0.6) is 0 Å². The van der Waals surface area contributed by atoms with E-state index in [9.17, 15) is 4.79 Å². The second-order valence-electron chi connectivity index (χ2n) is 4.32. The van der Waals surface area contributed by atoms with Gasteiger partial charge in [0.15, 0.2) is 0 Å². The minimum absolute atomic E-state index is 0.0387. The van der Waals surface area contributed by atoms with E-state index in [0.717, 1.165) is 14.6 Å². The Morgan fingerprint density at radius 1 is 1.05 bits per heavy atom. The van der Waals surface area contributed by atoms with Crippen LogP contribution in [0.2, 0.25) is 0 Å². The van der Waals surface area contributed by atoms with E-state index in [-0.39, 0.29) is 5.91 Å². The number of carbonyl (C=O) groups is 1. The zero-order valence-electron chi connectivity index (χ0n) is 10.7. The topological polar surface area (TPSA) is 20.3 Å². The van der Waals surface area contributed by atoms with Crippen molar-refractivity contribution < 1.29 is 4.79 Å². The van der Waals surface area contributed by atoms with Gasteiger partial charge in [0.25, 0.3) is 5.91 Å². The van der Waals surface area contributed by atoms with Crippen LogP contribution < -0.4 is 4.90 Å². The Morgan fingerprint density at radius 2 is 1.68 bits per heavy atom. The number of carbonyl (C=O) groups excluding carboxylic acids is 1. The predicted octanol–water partition coefficient (Wildman–Crippen LogP) is 4.80. The van der Waals surface area contributed by atoms with Crippen LogP contribution in [0.15, 0.2) is 51.4 Å². The van der Waals surface area contributed by atoms with Crippen molar-refractivity contribution in [2.24, 2.45) is 0 Å². The molecule has 0 bridgehead atoms. The lowest BCUT2D eigenvalue weighted by molar-refractivity contribution is 0.0992. The highest BCUT2D eigenvalue weighted by Gasteiger charge is 2.16. The third kappa shape index (κ3) is 3.25. The van der Waals surface area contributed by atoms with Gasteiger partial charge in [0.1, 0.15) is 0 Å². The molecule has 0 aliphatic carbocycles. The van der Waals surface area contributed by atoms with E-state index in [1.165, 1.54) is 5.56 Å². The number of halogens is 2. The first-order chi connectivity index (χ1) is 8.99. The molecule has 19 heavy (non-hydrogen) atoms. The average Bonchev–Trinajstić information content (AvgIpc) is 2.38. The van der Waals surface area contributed by atoms with Gasteiger partial charge in [-0.3, -0.25) is 4.79 Å². The summed E-state index contributed by atoms with van der Waals surface area (Å²) in [6.45, 7) is 2.02. The number of amides is 1. The van der Waals surface area contributed by atoms with Crippen molar-refractivity contribution in [2.75, 3.05) is 11.9 Å². The van der Waals surface area contributed by atoms with Crippen LogP contribution in [-0.2, 0) is 0 Å². The fraction of sp³-hybridized carbons (Fsp3) is 0.133. The minimum Gasteiger partial charge on any atom is -0.311 e. The zero-order valence-corrected chi connectivity index (χ0v) is 13.8. The van der Waals surface area contributed by atoms with Gasteiger partial charge in [-0.1, -0.05) is 33.6 Å². The summed E-state index contributed by atoms with van der Waals surface area (Å²) in [6, 6.07) is 13.4. The molecule has 0 N–H and O–H groups in total. The Kier molecular flexibility index (Phi) is 4.42. The first-order valence-electron chi connectivity index (χ1n) is 5.79. The number of hydrogen-bond acceptors (Lipinski definition) is 1. The van der Waals surface area contributed by atoms with Gasteiger partial charge in [-0.25, -0.2) is 0 Å². The zero-order chi connectivity index (χ0) is 14.0. The third-order valence-corrected chi connectivity index (χ3v) is 4.04. The van der Waals surface area contributed by atoms with Gasteiger partial charge >= 0.3 is 0 Å². The quantitative estimate of drug-likeness (QED) is 0.730. The molecule has 0 spiro atoms. The van der Waals surface area contributed by atoms with Crippen molar-refractivity contribution >= 4 is 43.5 Å². The lowest BCUT2D eigenvalue weighted by Gasteiger charge is -2.18. The molecule has 98 valence electrons. The SMILES string of the molecule is Cc1ccc(N(C)C(=O)c2ccc(Br)cc2Br)cc1. The molecule has 0 aromatic heterocycles. The van der Waals surface area contributed by atoms with E-state index in [1.54, 1.807) is 18.0 Å². The summed E-state index contributed by atoms with van der Waals surface area (Å²) < 4.78 is 1.72. The monoisotopic (exact) mass is 381 g/mol. The average molecular weight is 383 g/mol. The summed E-state index contributed by atoms with van der Waals surface area (Å²) in [4.78, 5) is 14.1. The Balaban J connectivity index is 2.30. The number of anilines is 1. The van der Waals surface area contributed by atoms with Gasteiger partial charge in [-0.2, -0.15) is 0 Å². The molecule has 0 radical (unpaired) electrons. The number of nitrogens with zero attached hydrogens (tertiary/aromatic N) is 1. The molecule has 0 fully saturated rings. The highest BCUT2D eigenvalue weighted by Crippen LogP contribution is 2.24. The van der Waals surface area contributed by atoms with Crippen LogP contribution in [0.4, 0.5) is 5.69 Å². The van der Waals surface area contributed by atoms with Crippen molar-refractivity contribution in [2.45, 2.75) is 6.92 Å². The Morgan fingerprint density at radius 3 is 2.26 bits per heavy atom. The van der Waals surface area contributed by atoms with Gasteiger partial charge in [-0.05, 0) is 53.2 Å². The summed E-state index contributed by atoms with van der Waals surface area (Å²) in [5, 5.41) is 0. The fourth-order valence-corrected chi connectivity index (χ4v) is 2.95. The highest BCUT2D eigenvalue weighted by atomic mass is 79.9. The van der Waals surface area contributed by atoms with Crippen molar-refractivity contribution in [3.8, 4) is 0 Å². The van der Waals surface area contributed by atoms with Crippen LogP contribution in [-0.4, -0.2) is 13.0 Å². The standard InChI is InChI=1S/C15H13Br2NO/c1-10-3-6-12(7-4-10)18(2)15(19)13-8-5-11(16)9-14(13)17/h3-9H,1-2H3. The molecule has 2 aromatic carbocycles. The minimum atomic E-state index is -0.0387. The van der Waals surface area contributed by atoms with Crippen LogP contribution in [0.1, 0.15) is 15.9 Å². The number of hydrogen-bond donors (Lipinski definition) is 0. The van der Waals surface area contributed by atoms with Gasteiger partial charge in [0.05, 0.1) is 5.56 Å². The molecule has 0 atom stereocenters. The van der Waals surface area contributed by atoms with E-state index >= 15 is 0 Å². The second-order valence-corrected chi connectivity index (χ2v) is 6.09. The second kappa shape index (κ2) is 5.88. The molecular weight excluding hydrogens is 370 g/mol. The molecule has 4 heteroatoms. The summed E-state index contributed by atoms with van der Waals surface area (Å²) in [7, 11) is 1.78. The highest BCUT2D eigenvalue weighted by molar-refractivity contribution is 9.11. The van der Waals surface area contributed by atoms with Crippen LogP contribution in [0, 0.1) is 6.92 Å². The summed E-state index contributed by atoms with van der Waals surface area (Å²) in [5.41, 5.74) is 2.70. The molecule has 0 aliphatic rings. The van der Waals surface area contributed by atoms with E-state index in [2.05, 4.69) is 31.9 Å². The maximum Gasteiger partial charge on any atom is 0.259 e. The Hall–Kier alpha value is -1.13. The molecule has 2 nitrogen and oxygen atoms in total. The van der Waals surface area contributed by atoms with E-state index in [0.29, 0.717) is 5.56 Å². The maximum atomic E-state index is 12.4. The van der Waals surface area contributed by atoms with Crippen molar-refractivity contribution in [3.05, 3.63) is 62.5 Å². The largest absolute Gasteiger partial charge is 0.311 e. The lowest BCUT2D eigenvalue weighted by atomic mass is 10.1. The van der Waals surface area contributed by atoms with Gasteiger partial charge in [0, 0.05) is 21.7 Å². The summed E-state index contributed by atoms with van der Waals surface area (Å²) >= 11 is 6.80. The molecule has 1 amide bonds. The van der Waals surface area contributed by atoms with Gasteiger partial charge < -0.3 is 4.90 Å². The van der Waals surface area contributed by atoms with Crippen LogP contribution in [0.25, 0.3) is 0 Å². The van der Waals surface area contributed by atoms with E-state index in [1.807, 2.05) is 43.3 Å². The number of aryl methyl sites for hydroxylation is 1. The van der Waals surface area contributed by atoms with E-state index < -0.39 is 0 Å².